The Morgan fingerprint density at radius 1 is 1.37 bits per heavy atom. The second-order valence-corrected chi connectivity index (χ2v) is 4.93. The Morgan fingerprint density at radius 3 is 2.68 bits per heavy atom. The van der Waals surface area contributed by atoms with Gasteiger partial charge >= 0.3 is 0 Å². The lowest BCUT2D eigenvalue weighted by molar-refractivity contribution is -0.118. The predicted molar refractivity (Wildman–Crippen MR) is 74.8 cm³/mol. The highest BCUT2D eigenvalue weighted by molar-refractivity contribution is 6.40. The molecule has 0 spiro atoms. The fraction of sp³-hybridized carbons (Fsp3) is 0.250. The minimum absolute atomic E-state index is 0.100. The van der Waals surface area contributed by atoms with Gasteiger partial charge in [0.25, 0.3) is 0 Å². The summed E-state index contributed by atoms with van der Waals surface area (Å²) in [5.41, 5.74) is 0.553. The van der Waals surface area contributed by atoms with E-state index in [1.165, 1.54) is 10.9 Å². The van der Waals surface area contributed by atoms with Crippen molar-refractivity contribution in [3.63, 3.8) is 0 Å². The summed E-state index contributed by atoms with van der Waals surface area (Å²) in [4.78, 5) is 19.9. The van der Waals surface area contributed by atoms with Crippen LogP contribution >= 0.6 is 23.2 Å². The molecule has 0 aliphatic rings. The van der Waals surface area contributed by atoms with Crippen LogP contribution in [0.4, 0.5) is 5.69 Å². The molecule has 0 radical (unpaired) electrons. The van der Waals surface area contributed by atoms with E-state index in [-0.39, 0.29) is 22.1 Å². The molecule has 0 atom stereocenters. The zero-order valence-corrected chi connectivity index (χ0v) is 11.9. The molecule has 0 fully saturated rings. The van der Waals surface area contributed by atoms with Crippen molar-refractivity contribution in [3.8, 4) is 5.82 Å². The first-order valence-electron chi connectivity index (χ1n) is 5.65. The number of nitrogens with one attached hydrogen (secondary N) is 1. The van der Waals surface area contributed by atoms with Gasteiger partial charge < -0.3 is 5.32 Å². The lowest BCUT2D eigenvalue weighted by atomic mass is 10.2. The van der Waals surface area contributed by atoms with Crippen LogP contribution < -0.4 is 5.32 Å². The molecule has 2 aromatic rings. The zero-order chi connectivity index (χ0) is 14.0. The lowest BCUT2D eigenvalue weighted by Gasteiger charge is -2.12. The number of amides is 1. The van der Waals surface area contributed by atoms with Gasteiger partial charge in [-0.15, -0.1) is 0 Å². The summed E-state index contributed by atoms with van der Waals surface area (Å²) in [6.45, 7) is 3.62. The van der Waals surface area contributed by atoms with E-state index in [0.717, 1.165) is 0 Å². The first-order chi connectivity index (χ1) is 9.00. The Hall–Kier alpha value is -1.59. The Bertz CT molecular complexity index is 610. The van der Waals surface area contributed by atoms with E-state index in [0.29, 0.717) is 11.5 Å². The van der Waals surface area contributed by atoms with Crippen LogP contribution in [0.2, 0.25) is 10.3 Å². The third kappa shape index (κ3) is 2.88. The second-order valence-electron chi connectivity index (χ2n) is 4.21. The van der Waals surface area contributed by atoms with Crippen molar-refractivity contribution in [2.45, 2.75) is 13.8 Å². The van der Waals surface area contributed by atoms with Crippen LogP contribution in [-0.4, -0.2) is 20.4 Å². The summed E-state index contributed by atoms with van der Waals surface area (Å²) in [7, 11) is 0. The fourth-order valence-corrected chi connectivity index (χ4v) is 1.73. The molecule has 2 rings (SSSR count). The number of hydrogen-bond donors (Lipinski definition) is 1. The van der Waals surface area contributed by atoms with Gasteiger partial charge in [0.2, 0.25) is 5.91 Å². The monoisotopic (exact) mass is 298 g/mol. The summed E-state index contributed by atoms with van der Waals surface area (Å²) >= 11 is 11.8. The number of carbonyl (C=O) groups is 1. The van der Waals surface area contributed by atoms with Crippen molar-refractivity contribution >= 4 is 34.8 Å². The number of anilines is 1. The molecule has 7 heteroatoms. The maximum absolute atomic E-state index is 11.8. The van der Waals surface area contributed by atoms with Crippen molar-refractivity contribution in [2.75, 3.05) is 5.32 Å². The SMILES string of the molecule is CC(C)C(=O)Nc1cccnc1-n1cnc(Cl)c1Cl. The standard InChI is InChI=1S/C12H12Cl2N4O/c1-7(2)12(19)17-8-4-3-5-15-11(8)18-6-16-9(13)10(18)14/h3-7H,1-2H3,(H,17,19). The quantitative estimate of drug-likeness (QED) is 0.947. The third-order valence-corrected chi connectivity index (χ3v) is 3.20. The van der Waals surface area contributed by atoms with Crippen LogP contribution in [0.15, 0.2) is 24.7 Å². The topological polar surface area (TPSA) is 59.8 Å². The normalized spacial score (nSPS) is 10.8. The van der Waals surface area contributed by atoms with Gasteiger partial charge in [-0.2, -0.15) is 0 Å². The van der Waals surface area contributed by atoms with Crippen LogP contribution in [0, 0.1) is 5.92 Å². The second kappa shape index (κ2) is 5.59. The predicted octanol–water partition coefficient (Wildman–Crippen LogP) is 3.17. The summed E-state index contributed by atoms with van der Waals surface area (Å²) in [6, 6.07) is 3.47. The van der Waals surface area contributed by atoms with Gasteiger partial charge in [-0.3, -0.25) is 9.36 Å². The summed E-state index contributed by atoms with van der Waals surface area (Å²) in [6.07, 6.45) is 3.06. The first kappa shape index (κ1) is 13.8. The van der Waals surface area contributed by atoms with Crippen molar-refractivity contribution in [3.05, 3.63) is 35.0 Å². The highest BCUT2D eigenvalue weighted by Gasteiger charge is 2.15. The minimum Gasteiger partial charge on any atom is -0.323 e. The number of rotatable bonds is 3. The molecular formula is C12H12Cl2N4O. The Balaban J connectivity index is 2.42. The van der Waals surface area contributed by atoms with Crippen LogP contribution in [0.1, 0.15) is 13.8 Å². The number of halogens is 2. The molecule has 19 heavy (non-hydrogen) atoms. The first-order valence-corrected chi connectivity index (χ1v) is 6.41. The van der Waals surface area contributed by atoms with E-state index in [4.69, 9.17) is 23.2 Å². The van der Waals surface area contributed by atoms with Crippen LogP contribution in [-0.2, 0) is 4.79 Å². The molecule has 0 aliphatic carbocycles. The fourth-order valence-electron chi connectivity index (χ4n) is 1.42. The molecule has 0 saturated carbocycles. The van der Waals surface area contributed by atoms with Gasteiger partial charge in [-0.25, -0.2) is 9.97 Å². The van der Waals surface area contributed by atoms with E-state index >= 15 is 0 Å². The molecule has 0 saturated heterocycles. The molecule has 2 aromatic heterocycles. The minimum atomic E-state index is -0.130. The van der Waals surface area contributed by atoms with E-state index in [9.17, 15) is 4.79 Å². The molecule has 0 aliphatic heterocycles. The third-order valence-electron chi connectivity index (χ3n) is 2.47. The molecule has 1 N–H and O–H groups in total. The molecule has 5 nitrogen and oxygen atoms in total. The number of hydrogen-bond acceptors (Lipinski definition) is 3. The molecule has 0 bridgehead atoms. The van der Waals surface area contributed by atoms with Crippen molar-refractivity contribution in [1.82, 2.24) is 14.5 Å². The van der Waals surface area contributed by atoms with Gasteiger partial charge in [-0.1, -0.05) is 37.0 Å². The Morgan fingerprint density at radius 2 is 2.11 bits per heavy atom. The highest BCUT2D eigenvalue weighted by Crippen LogP contribution is 2.26. The molecule has 2 heterocycles. The number of nitrogens with zero attached hydrogens (tertiary/aromatic N) is 3. The largest absolute Gasteiger partial charge is 0.323 e. The summed E-state index contributed by atoms with van der Waals surface area (Å²) < 4.78 is 1.51. The van der Waals surface area contributed by atoms with Gasteiger partial charge in [0.15, 0.2) is 16.1 Å². The van der Waals surface area contributed by atoms with Crippen LogP contribution in [0.5, 0.6) is 0 Å². The van der Waals surface area contributed by atoms with Gasteiger partial charge in [0.05, 0.1) is 5.69 Å². The summed E-state index contributed by atoms with van der Waals surface area (Å²) in [5, 5.41) is 3.23. The lowest BCUT2D eigenvalue weighted by Crippen LogP contribution is -2.19. The molecule has 1 amide bonds. The van der Waals surface area contributed by atoms with Gasteiger partial charge in [0, 0.05) is 12.1 Å². The van der Waals surface area contributed by atoms with Gasteiger partial charge in [-0.05, 0) is 12.1 Å². The molecule has 100 valence electrons. The maximum atomic E-state index is 11.8. The van der Waals surface area contributed by atoms with Gasteiger partial charge in [0.1, 0.15) is 6.33 Å². The number of carbonyl (C=O) groups excluding carboxylic acids is 1. The molecular weight excluding hydrogens is 287 g/mol. The van der Waals surface area contributed by atoms with E-state index < -0.39 is 0 Å². The van der Waals surface area contributed by atoms with Crippen LogP contribution in [0.25, 0.3) is 5.82 Å². The maximum Gasteiger partial charge on any atom is 0.227 e. The number of aromatic nitrogens is 3. The van der Waals surface area contributed by atoms with E-state index in [1.54, 1.807) is 18.3 Å². The average molecular weight is 299 g/mol. The summed E-state index contributed by atoms with van der Waals surface area (Å²) in [5.74, 6) is 0.243. The van der Waals surface area contributed by atoms with Crippen molar-refractivity contribution < 1.29 is 4.79 Å². The zero-order valence-electron chi connectivity index (χ0n) is 10.4. The van der Waals surface area contributed by atoms with Crippen molar-refractivity contribution in [1.29, 1.82) is 0 Å². The number of imidazole rings is 1. The van der Waals surface area contributed by atoms with E-state index in [2.05, 4.69) is 15.3 Å². The highest BCUT2D eigenvalue weighted by atomic mass is 35.5. The van der Waals surface area contributed by atoms with Crippen molar-refractivity contribution in [2.24, 2.45) is 5.92 Å². The van der Waals surface area contributed by atoms with E-state index in [1.807, 2.05) is 13.8 Å². The van der Waals surface area contributed by atoms with Crippen LogP contribution in [0.3, 0.4) is 0 Å². The smallest absolute Gasteiger partial charge is 0.227 e. The molecule has 0 aromatic carbocycles. The number of pyridine rings is 1. The average Bonchev–Trinajstić information content (AvgIpc) is 2.71. The Labute approximate surface area is 120 Å². The Kier molecular flexibility index (Phi) is 4.07. The molecule has 0 unspecified atom stereocenters.